The zero-order chi connectivity index (χ0) is 18.8. The van der Waals surface area contributed by atoms with Crippen LogP contribution in [-0.4, -0.2) is 39.3 Å². The monoisotopic (exact) mass is 432 g/mol. The van der Waals surface area contributed by atoms with Crippen molar-refractivity contribution in [3.8, 4) is 5.75 Å². The summed E-state index contributed by atoms with van der Waals surface area (Å²) in [6, 6.07) is 14.3. The Labute approximate surface area is 175 Å². The molecule has 0 heterocycles. The number of hydrogen-bond donors (Lipinski definition) is 2. The smallest absolute Gasteiger partial charge is 0.265 e. The molecule has 0 aliphatic rings. The number of halogens is 3. The van der Waals surface area contributed by atoms with E-state index in [1.165, 1.54) is 0 Å². The van der Waals surface area contributed by atoms with E-state index in [0.717, 1.165) is 12.1 Å². The first-order chi connectivity index (χ1) is 12.6. The Morgan fingerprint density at radius 1 is 1.04 bits per heavy atom. The predicted octanol–water partition coefficient (Wildman–Crippen LogP) is 3.89. The summed E-state index contributed by atoms with van der Waals surface area (Å²) in [4.78, 5) is 12.7. The van der Waals surface area contributed by atoms with Gasteiger partial charge in [-0.25, -0.2) is 0 Å². The van der Waals surface area contributed by atoms with Gasteiger partial charge in [-0.05, 0) is 12.1 Å². The number of amides is 1. The summed E-state index contributed by atoms with van der Waals surface area (Å²) in [5.41, 5.74) is 0.730. The van der Waals surface area contributed by atoms with Gasteiger partial charge < -0.3 is 20.1 Å². The van der Waals surface area contributed by atoms with Crippen molar-refractivity contribution < 1.29 is 14.3 Å². The molecule has 8 heteroatoms. The Morgan fingerprint density at radius 2 is 1.78 bits per heavy atom. The van der Waals surface area contributed by atoms with E-state index < -0.39 is 6.10 Å². The second-order valence-electron chi connectivity index (χ2n) is 5.49. The quantitative estimate of drug-likeness (QED) is 0.558. The highest BCUT2D eigenvalue weighted by atomic mass is 35.5. The zero-order valence-corrected chi connectivity index (χ0v) is 17.2. The van der Waals surface area contributed by atoms with Crippen LogP contribution in [0.3, 0.4) is 0 Å². The van der Waals surface area contributed by atoms with Crippen LogP contribution < -0.4 is 15.4 Å². The first-order valence-electron chi connectivity index (χ1n) is 8.26. The van der Waals surface area contributed by atoms with E-state index in [1.54, 1.807) is 25.3 Å². The van der Waals surface area contributed by atoms with Gasteiger partial charge in [0.15, 0.2) is 0 Å². The largest absolute Gasteiger partial charge is 0.474 e. The summed E-state index contributed by atoms with van der Waals surface area (Å²) in [7, 11) is 1.65. The van der Waals surface area contributed by atoms with Crippen molar-refractivity contribution >= 4 is 41.5 Å². The van der Waals surface area contributed by atoms with E-state index in [4.69, 9.17) is 32.7 Å². The molecule has 2 aromatic rings. The minimum absolute atomic E-state index is 0. The molecule has 0 aliphatic carbocycles. The molecule has 2 rings (SSSR count). The van der Waals surface area contributed by atoms with Crippen molar-refractivity contribution in [2.24, 2.45) is 0 Å². The summed E-state index contributed by atoms with van der Waals surface area (Å²) >= 11 is 12.2. The van der Waals surface area contributed by atoms with E-state index >= 15 is 0 Å². The first-order valence-corrected chi connectivity index (χ1v) is 9.02. The van der Waals surface area contributed by atoms with Gasteiger partial charge in [0.1, 0.15) is 10.8 Å². The van der Waals surface area contributed by atoms with Gasteiger partial charge >= 0.3 is 0 Å². The van der Waals surface area contributed by atoms with Gasteiger partial charge in [0.05, 0.1) is 11.6 Å². The van der Waals surface area contributed by atoms with Crippen LogP contribution >= 0.6 is 35.6 Å². The van der Waals surface area contributed by atoms with Crippen LogP contribution in [0.1, 0.15) is 11.7 Å². The molecule has 1 amide bonds. The third-order valence-corrected chi connectivity index (χ3v) is 4.39. The minimum atomic E-state index is -0.828. The highest BCUT2D eigenvalue weighted by Crippen LogP contribution is 2.34. The zero-order valence-electron chi connectivity index (χ0n) is 14.9. The molecule has 0 fully saturated rings. The Bertz CT molecular complexity index is 702. The molecule has 148 valence electrons. The van der Waals surface area contributed by atoms with Crippen LogP contribution in [0, 0.1) is 0 Å². The summed E-state index contributed by atoms with van der Waals surface area (Å²) in [6.07, 6.45) is -0.828. The summed E-state index contributed by atoms with van der Waals surface area (Å²) in [5.74, 6) is 0.113. The number of methoxy groups -OCH3 is 1. The van der Waals surface area contributed by atoms with Crippen LogP contribution in [0.25, 0.3) is 0 Å². The molecule has 2 N–H and O–H groups in total. The molecule has 0 saturated carbocycles. The number of carbonyl (C=O) groups excluding carboxylic acids is 1. The molecule has 0 aromatic heterocycles. The molecular formula is C19H23Cl3N2O3. The van der Waals surface area contributed by atoms with Gasteiger partial charge in [0, 0.05) is 32.3 Å². The van der Waals surface area contributed by atoms with Crippen molar-refractivity contribution in [2.75, 3.05) is 33.4 Å². The SMILES string of the molecule is COCCNCCNC(=O)C(Oc1cccc(Cl)c1Cl)c1ccccc1.Cl. The Hall–Kier alpha value is -1.50. The van der Waals surface area contributed by atoms with Crippen molar-refractivity contribution in [1.82, 2.24) is 10.6 Å². The number of benzene rings is 2. The average molecular weight is 434 g/mol. The lowest BCUT2D eigenvalue weighted by Crippen LogP contribution is -2.37. The van der Waals surface area contributed by atoms with E-state index in [-0.39, 0.29) is 23.3 Å². The lowest BCUT2D eigenvalue weighted by atomic mass is 10.1. The van der Waals surface area contributed by atoms with E-state index in [1.807, 2.05) is 30.3 Å². The summed E-state index contributed by atoms with van der Waals surface area (Å²) < 4.78 is 10.9. The van der Waals surface area contributed by atoms with Gasteiger partial charge in [-0.3, -0.25) is 4.79 Å². The second kappa shape index (κ2) is 12.8. The van der Waals surface area contributed by atoms with E-state index in [0.29, 0.717) is 30.5 Å². The van der Waals surface area contributed by atoms with E-state index in [2.05, 4.69) is 10.6 Å². The standard InChI is InChI=1S/C19H22Cl2N2O3.ClH/c1-25-13-12-22-10-11-23-19(24)18(14-6-3-2-4-7-14)26-16-9-5-8-15(20)17(16)21;/h2-9,18,22H,10-13H2,1H3,(H,23,24);1H. The Balaban J connectivity index is 0.00000364. The molecule has 2 aromatic carbocycles. The lowest BCUT2D eigenvalue weighted by molar-refractivity contribution is -0.128. The molecule has 0 spiro atoms. The molecule has 1 unspecified atom stereocenters. The number of nitrogens with one attached hydrogen (secondary N) is 2. The van der Waals surface area contributed by atoms with Gasteiger partial charge in [0.25, 0.3) is 5.91 Å². The van der Waals surface area contributed by atoms with Crippen molar-refractivity contribution in [1.29, 1.82) is 0 Å². The van der Waals surface area contributed by atoms with Crippen LogP contribution in [0.4, 0.5) is 0 Å². The fourth-order valence-corrected chi connectivity index (χ4v) is 2.61. The van der Waals surface area contributed by atoms with Gasteiger partial charge in [-0.1, -0.05) is 59.6 Å². The third-order valence-electron chi connectivity index (χ3n) is 3.59. The first kappa shape index (κ1) is 23.5. The molecule has 1 atom stereocenters. The number of rotatable bonds is 10. The second-order valence-corrected chi connectivity index (χ2v) is 6.28. The fraction of sp³-hybridized carbons (Fsp3) is 0.316. The molecule has 0 saturated heterocycles. The fourth-order valence-electron chi connectivity index (χ4n) is 2.27. The number of hydrogen-bond acceptors (Lipinski definition) is 4. The van der Waals surface area contributed by atoms with Crippen LogP contribution in [0.2, 0.25) is 10.0 Å². The van der Waals surface area contributed by atoms with Crippen molar-refractivity contribution in [3.05, 3.63) is 64.1 Å². The van der Waals surface area contributed by atoms with Crippen LogP contribution in [0.15, 0.2) is 48.5 Å². The van der Waals surface area contributed by atoms with Gasteiger partial charge in [-0.15, -0.1) is 12.4 Å². The third kappa shape index (κ3) is 7.56. The maximum Gasteiger partial charge on any atom is 0.265 e. The van der Waals surface area contributed by atoms with Crippen molar-refractivity contribution in [2.45, 2.75) is 6.10 Å². The average Bonchev–Trinajstić information content (AvgIpc) is 2.66. The number of ether oxygens (including phenoxy) is 2. The van der Waals surface area contributed by atoms with Crippen molar-refractivity contribution in [3.63, 3.8) is 0 Å². The normalized spacial score (nSPS) is 11.4. The summed E-state index contributed by atoms with van der Waals surface area (Å²) in [6.45, 7) is 2.45. The molecule has 27 heavy (non-hydrogen) atoms. The molecule has 0 radical (unpaired) electrons. The highest BCUT2D eigenvalue weighted by molar-refractivity contribution is 6.42. The molecule has 0 aliphatic heterocycles. The number of carbonyl (C=O) groups is 1. The maximum absolute atomic E-state index is 12.7. The maximum atomic E-state index is 12.7. The minimum Gasteiger partial charge on any atom is -0.474 e. The van der Waals surface area contributed by atoms with Gasteiger partial charge in [-0.2, -0.15) is 0 Å². The van der Waals surface area contributed by atoms with Crippen LogP contribution in [0.5, 0.6) is 5.75 Å². The predicted molar refractivity (Wildman–Crippen MR) is 111 cm³/mol. The summed E-state index contributed by atoms with van der Waals surface area (Å²) in [5, 5.41) is 6.69. The Morgan fingerprint density at radius 3 is 2.48 bits per heavy atom. The molecule has 0 bridgehead atoms. The van der Waals surface area contributed by atoms with E-state index in [9.17, 15) is 4.79 Å². The Kier molecular flexibility index (Phi) is 11.2. The lowest BCUT2D eigenvalue weighted by Gasteiger charge is -2.20. The highest BCUT2D eigenvalue weighted by Gasteiger charge is 2.23. The van der Waals surface area contributed by atoms with Gasteiger partial charge in [0.2, 0.25) is 6.10 Å². The molecular weight excluding hydrogens is 411 g/mol. The topological polar surface area (TPSA) is 59.6 Å². The van der Waals surface area contributed by atoms with Crippen LogP contribution in [-0.2, 0) is 9.53 Å². The molecule has 5 nitrogen and oxygen atoms in total.